The number of hydrogen-bond donors (Lipinski definition) is 1. The Bertz CT molecular complexity index is 228. The van der Waals surface area contributed by atoms with E-state index in [0.29, 0.717) is 5.75 Å². The first-order valence-corrected chi connectivity index (χ1v) is 8.46. The maximum Gasteiger partial charge on any atom is 0.115 e. The second-order valence-corrected chi connectivity index (χ2v) is 5.46. The van der Waals surface area contributed by atoms with Gasteiger partial charge < -0.3 is 5.11 Å². The zero-order valence-electron chi connectivity index (χ0n) is 11.5. The van der Waals surface area contributed by atoms with Gasteiger partial charge in [-0.05, 0) is 12.1 Å². The van der Waals surface area contributed by atoms with Gasteiger partial charge in [-0.25, -0.2) is 0 Å². The molecule has 0 unspecified atom stereocenters. The fraction of sp³-hybridized carbons (Fsp3) is 0.600. The molecule has 0 aliphatic rings. The van der Waals surface area contributed by atoms with Crippen LogP contribution in [0.15, 0.2) is 30.3 Å². The zero-order valence-corrected chi connectivity index (χ0v) is 13.5. The smallest absolute Gasteiger partial charge is 0.115 e. The van der Waals surface area contributed by atoms with E-state index >= 15 is 0 Å². The van der Waals surface area contributed by atoms with Crippen molar-refractivity contribution >= 4 is 27.9 Å². The van der Waals surface area contributed by atoms with E-state index in [-0.39, 0.29) is 0 Å². The Balaban J connectivity index is 0.000000318. The molecule has 0 amide bonds. The van der Waals surface area contributed by atoms with Crippen molar-refractivity contribution in [3.05, 3.63) is 30.3 Å². The van der Waals surface area contributed by atoms with E-state index in [1.54, 1.807) is 24.3 Å². The molecule has 0 saturated carbocycles. The maximum absolute atomic E-state index is 8.63. The van der Waals surface area contributed by atoms with Crippen molar-refractivity contribution in [1.29, 1.82) is 0 Å². The van der Waals surface area contributed by atoms with Crippen LogP contribution >= 0.6 is 0 Å². The van der Waals surface area contributed by atoms with Crippen molar-refractivity contribution < 1.29 is 5.11 Å². The molecular formula is C15H25NaO. The monoisotopic (exact) mass is 244 g/mol. The largest absolute Gasteiger partial charge is 0.508 e. The Kier molecular flexibility index (Phi) is 14.1. The second-order valence-electron chi connectivity index (χ2n) is 4.46. The zero-order chi connectivity index (χ0) is 12.8. The molecule has 1 rings (SSSR count). The minimum atomic E-state index is 0.322. The van der Waals surface area contributed by atoms with E-state index in [1.165, 1.54) is 76.5 Å². The van der Waals surface area contributed by atoms with E-state index in [4.69, 9.17) is 5.11 Å². The van der Waals surface area contributed by atoms with Crippen molar-refractivity contribution in [1.82, 2.24) is 0 Å². The van der Waals surface area contributed by atoms with Gasteiger partial charge in [-0.3, -0.25) is 0 Å². The average Bonchev–Trinajstić information content (AvgIpc) is 2.35. The molecule has 1 aromatic rings. The molecule has 1 N–H and O–H groups in total. The third-order valence-electron chi connectivity index (χ3n) is 2.71. The standard InChI is InChI=1S/C9H19.C6H6O.Na/c1-3-5-7-9-8-6-4-2;7-6-4-2-1-3-5-6;/h1,3-9H2,2H3;1-5,7H;. The number of benzene rings is 1. The van der Waals surface area contributed by atoms with Gasteiger partial charge >= 0.3 is 83.5 Å². The van der Waals surface area contributed by atoms with Gasteiger partial charge in [-0.1, -0.05) is 18.2 Å². The topological polar surface area (TPSA) is 20.2 Å². The predicted molar refractivity (Wildman–Crippen MR) is 76.7 cm³/mol. The number of phenolic OH excluding ortho intramolecular Hbond substituents is 1. The molecule has 0 saturated heterocycles. The maximum atomic E-state index is 8.63. The van der Waals surface area contributed by atoms with Gasteiger partial charge in [0.15, 0.2) is 0 Å². The summed E-state index contributed by atoms with van der Waals surface area (Å²) in [7, 11) is 0. The average molecular weight is 244 g/mol. The molecule has 0 aliphatic carbocycles. The van der Waals surface area contributed by atoms with E-state index < -0.39 is 0 Å². The number of hydrogen-bond acceptors (Lipinski definition) is 1. The number of unbranched alkanes of at least 4 members (excludes halogenated alkanes) is 6. The number of para-hydroxylation sites is 1. The summed E-state index contributed by atoms with van der Waals surface area (Å²) < 4.78 is 1.51. The summed E-state index contributed by atoms with van der Waals surface area (Å²) in [5.41, 5.74) is 0. The van der Waals surface area contributed by atoms with Gasteiger partial charge in [0.25, 0.3) is 0 Å². The summed E-state index contributed by atoms with van der Waals surface area (Å²) in [4.78, 5) is 0. The van der Waals surface area contributed by atoms with Gasteiger partial charge in [-0.15, -0.1) is 0 Å². The first-order chi connectivity index (χ1) is 8.31. The molecule has 0 radical (unpaired) electrons. The minimum absolute atomic E-state index is 0.322. The number of phenols is 1. The van der Waals surface area contributed by atoms with E-state index in [0.717, 1.165) is 0 Å². The van der Waals surface area contributed by atoms with Gasteiger partial charge in [0, 0.05) is 0 Å². The Morgan fingerprint density at radius 1 is 0.882 bits per heavy atom. The molecule has 0 bridgehead atoms. The summed E-state index contributed by atoms with van der Waals surface area (Å²) in [5, 5.41) is 8.63. The van der Waals surface area contributed by atoms with E-state index in [1.807, 2.05) is 6.07 Å². The van der Waals surface area contributed by atoms with E-state index in [2.05, 4.69) is 6.92 Å². The molecule has 0 atom stereocenters. The molecule has 0 heterocycles. The van der Waals surface area contributed by atoms with Crippen molar-refractivity contribution in [2.45, 2.75) is 55.5 Å². The molecule has 1 aromatic carbocycles. The molecule has 0 aliphatic heterocycles. The van der Waals surface area contributed by atoms with Crippen LogP contribution in [0.4, 0.5) is 0 Å². The first-order valence-electron chi connectivity index (χ1n) is 7.05. The van der Waals surface area contributed by atoms with Gasteiger partial charge in [0.05, 0.1) is 0 Å². The molecule has 92 valence electrons. The van der Waals surface area contributed by atoms with Gasteiger partial charge in [-0.2, -0.15) is 0 Å². The number of aromatic hydroxyl groups is 1. The van der Waals surface area contributed by atoms with Crippen LogP contribution in [-0.2, 0) is 0 Å². The molecule has 17 heavy (non-hydrogen) atoms. The van der Waals surface area contributed by atoms with Crippen LogP contribution in [0.25, 0.3) is 0 Å². The summed E-state index contributed by atoms with van der Waals surface area (Å²) in [5.74, 6) is 0.322. The SMILES string of the molecule is CCCCCCCC[CH2][Na].Oc1ccccc1. The third kappa shape index (κ3) is 14.0. The normalized spacial score (nSPS) is 9.59. The molecule has 0 aromatic heterocycles. The van der Waals surface area contributed by atoms with Crippen molar-refractivity contribution in [2.24, 2.45) is 0 Å². The molecule has 1 nitrogen and oxygen atoms in total. The number of rotatable bonds is 7. The minimum Gasteiger partial charge on any atom is -0.508 e. The molecule has 2 heteroatoms. The van der Waals surface area contributed by atoms with Crippen LogP contribution in [0.1, 0.15) is 51.9 Å². The third-order valence-corrected chi connectivity index (χ3v) is 3.42. The quantitative estimate of drug-likeness (QED) is 0.543. The Morgan fingerprint density at radius 3 is 1.82 bits per heavy atom. The summed E-state index contributed by atoms with van der Waals surface area (Å²) in [6.45, 7) is 2.28. The summed E-state index contributed by atoms with van der Waals surface area (Å²) in [6, 6.07) is 8.71. The fourth-order valence-electron chi connectivity index (χ4n) is 1.64. The van der Waals surface area contributed by atoms with Crippen LogP contribution in [0, 0.1) is 0 Å². The van der Waals surface area contributed by atoms with Crippen LogP contribution in [0.5, 0.6) is 5.75 Å². The molecule has 0 fully saturated rings. The van der Waals surface area contributed by atoms with Crippen LogP contribution in [0.2, 0.25) is 3.67 Å². The van der Waals surface area contributed by atoms with Gasteiger partial charge in [0.2, 0.25) is 0 Å². The Labute approximate surface area is 124 Å². The summed E-state index contributed by atoms with van der Waals surface area (Å²) >= 11 is 1.41. The first kappa shape index (κ1) is 17.0. The predicted octanol–water partition coefficient (Wildman–Crippen LogP) is 4.72. The van der Waals surface area contributed by atoms with Crippen LogP contribution in [-0.4, -0.2) is 33.0 Å². The van der Waals surface area contributed by atoms with E-state index in [9.17, 15) is 0 Å². The Morgan fingerprint density at radius 2 is 1.41 bits per heavy atom. The van der Waals surface area contributed by atoms with Gasteiger partial charge in [0.1, 0.15) is 5.75 Å². The van der Waals surface area contributed by atoms with Crippen LogP contribution < -0.4 is 0 Å². The van der Waals surface area contributed by atoms with Crippen molar-refractivity contribution in [2.75, 3.05) is 0 Å². The summed E-state index contributed by atoms with van der Waals surface area (Å²) in [6.07, 6.45) is 10.3. The molecule has 0 spiro atoms. The van der Waals surface area contributed by atoms with Crippen molar-refractivity contribution in [3.8, 4) is 5.75 Å². The fourth-order valence-corrected chi connectivity index (χ4v) is 2.14. The second kappa shape index (κ2) is 14.1. The van der Waals surface area contributed by atoms with Crippen LogP contribution in [0.3, 0.4) is 0 Å². The van der Waals surface area contributed by atoms with Crippen molar-refractivity contribution in [3.63, 3.8) is 0 Å². The Hall–Kier alpha value is 0.0200. The molecular weight excluding hydrogens is 219 g/mol.